The van der Waals surface area contributed by atoms with Gasteiger partial charge in [0, 0.05) is 6.04 Å². The van der Waals surface area contributed by atoms with Gasteiger partial charge in [0.05, 0.1) is 0 Å². The van der Waals surface area contributed by atoms with Crippen molar-refractivity contribution >= 4 is 11.3 Å². The zero-order valence-corrected chi connectivity index (χ0v) is 13.2. The third-order valence-electron chi connectivity index (χ3n) is 5.23. The van der Waals surface area contributed by atoms with E-state index in [1.165, 1.54) is 18.4 Å². The molecule has 1 fully saturated rings. The summed E-state index contributed by atoms with van der Waals surface area (Å²) in [5.74, 6) is 0.788. The van der Waals surface area contributed by atoms with Crippen LogP contribution in [0.2, 0.25) is 0 Å². The summed E-state index contributed by atoms with van der Waals surface area (Å²) >= 11 is 1.81. The highest BCUT2D eigenvalue weighted by molar-refractivity contribution is 7.07. The van der Waals surface area contributed by atoms with E-state index >= 15 is 0 Å². The van der Waals surface area contributed by atoms with Gasteiger partial charge in [0.25, 0.3) is 0 Å². The molecule has 1 atom stereocenters. The van der Waals surface area contributed by atoms with Gasteiger partial charge in [-0.3, -0.25) is 0 Å². The zero-order valence-electron chi connectivity index (χ0n) is 12.4. The Morgan fingerprint density at radius 3 is 2.39 bits per heavy atom. The highest BCUT2D eigenvalue weighted by atomic mass is 32.1. The smallest absolute Gasteiger partial charge is 0.0147 e. The van der Waals surface area contributed by atoms with Gasteiger partial charge < -0.3 is 5.32 Å². The van der Waals surface area contributed by atoms with E-state index in [-0.39, 0.29) is 0 Å². The molecule has 102 valence electrons. The van der Waals surface area contributed by atoms with E-state index < -0.39 is 0 Å². The molecule has 0 aliphatic heterocycles. The standard InChI is InChI=1S/C16H27NS/c1-6-8-17-13(10-12-7-9-18-11-12)14-15(2,3)16(14,4)5/h7,9,11,13-14,17H,6,8,10H2,1-5H3. The number of nitrogens with one attached hydrogen (secondary N) is 1. The second kappa shape index (κ2) is 4.97. The maximum absolute atomic E-state index is 3.79. The summed E-state index contributed by atoms with van der Waals surface area (Å²) in [6.07, 6.45) is 2.40. The Balaban J connectivity index is 2.07. The highest BCUT2D eigenvalue weighted by Crippen LogP contribution is 2.69. The van der Waals surface area contributed by atoms with Crippen molar-refractivity contribution in [2.45, 2.75) is 53.5 Å². The van der Waals surface area contributed by atoms with Crippen LogP contribution in [0, 0.1) is 16.7 Å². The summed E-state index contributed by atoms with van der Waals surface area (Å²) in [7, 11) is 0. The molecule has 1 aliphatic rings. The van der Waals surface area contributed by atoms with E-state index in [9.17, 15) is 0 Å². The van der Waals surface area contributed by atoms with E-state index in [1.54, 1.807) is 0 Å². The minimum atomic E-state index is 0.467. The van der Waals surface area contributed by atoms with Crippen LogP contribution in [-0.2, 0) is 6.42 Å². The van der Waals surface area contributed by atoms with Gasteiger partial charge in [-0.25, -0.2) is 0 Å². The van der Waals surface area contributed by atoms with Crippen molar-refractivity contribution in [3.8, 4) is 0 Å². The average Bonchev–Trinajstić information content (AvgIpc) is 2.70. The van der Waals surface area contributed by atoms with Crippen LogP contribution in [-0.4, -0.2) is 12.6 Å². The predicted octanol–water partition coefficient (Wildman–Crippen LogP) is 4.34. The van der Waals surface area contributed by atoms with E-state index in [0.29, 0.717) is 16.9 Å². The molecule has 1 N–H and O–H groups in total. The second-order valence-corrected chi connectivity index (χ2v) is 7.60. The summed E-state index contributed by atoms with van der Waals surface area (Å²) in [6, 6.07) is 2.90. The van der Waals surface area contributed by atoms with Gasteiger partial charge in [0.1, 0.15) is 0 Å². The first-order valence-corrected chi connectivity index (χ1v) is 8.10. The third kappa shape index (κ3) is 2.37. The first kappa shape index (κ1) is 14.1. The molecule has 1 aliphatic carbocycles. The molecule has 0 amide bonds. The molecule has 1 nitrogen and oxygen atoms in total. The van der Waals surface area contributed by atoms with Crippen LogP contribution in [0.25, 0.3) is 0 Å². The van der Waals surface area contributed by atoms with Gasteiger partial charge in [-0.1, -0.05) is 34.6 Å². The Kier molecular flexibility index (Phi) is 3.89. The zero-order chi connectivity index (χ0) is 13.4. The molecule has 0 bridgehead atoms. The lowest BCUT2D eigenvalue weighted by Gasteiger charge is -2.20. The van der Waals surface area contributed by atoms with E-state index in [1.807, 2.05) is 11.3 Å². The molecule has 0 saturated heterocycles. The van der Waals surface area contributed by atoms with Gasteiger partial charge in [-0.05, 0) is 58.5 Å². The number of hydrogen-bond acceptors (Lipinski definition) is 2. The first-order valence-electron chi connectivity index (χ1n) is 7.15. The van der Waals surface area contributed by atoms with Crippen LogP contribution < -0.4 is 5.32 Å². The summed E-state index contributed by atoms with van der Waals surface area (Å²) in [4.78, 5) is 0. The lowest BCUT2D eigenvalue weighted by Crippen LogP contribution is -2.35. The van der Waals surface area contributed by atoms with Gasteiger partial charge in [0.15, 0.2) is 0 Å². The molecule has 1 aromatic rings. The molecule has 18 heavy (non-hydrogen) atoms. The number of hydrogen-bond donors (Lipinski definition) is 1. The molecular weight excluding hydrogens is 238 g/mol. The van der Waals surface area contributed by atoms with Gasteiger partial charge in [-0.2, -0.15) is 11.3 Å². The molecule has 1 aromatic heterocycles. The predicted molar refractivity (Wildman–Crippen MR) is 81.2 cm³/mol. The Morgan fingerprint density at radius 1 is 1.28 bits per heavy atom. The summed E-state index contributed by atoms with van der Waals surface area (Å²) in [5, 5.41) is 8.27. The van der Waals surface area contributed by atoms with Crippen LogP contribution in [0.1, 0.15) is 46.6 Å². The van der Waals surface area contributed by atoms with Crippen LogP contribution >= 0.6 is 11.3 Å². The Bertz CT molecular complexity index is 364. The average molecular weight is 265 g/mol. The molecule has 2 rings (SSSR count). The Morgan fingerprint density at radius 2 is 1.94 bits per heavy atom. The van der Waals surface area contributed by atoms with Gasteiger partial charge in [-0.15, -0.1) is 0 Å². The monoisotopic (exact) mass is 265 g/mol. The maximum Gasteiger partial charge on any atom is 0.0147 e. The van der Waals surface area contributed by atoms with Crippen molar-refractivity contribution in [3.05, 3.63) is 22.4 Å². The van der Waals surface area contributed by atoms with E-state index in [2.05, 4.69) is 56.8 Å². The molecule has 1 saturated carbocycles. The largest absolute Gasteiger partial charge is 0.313 e. The maximum atomic E-state index is 3.79. The summed E-state index contributed by atoms with van der Waals surface area (Å²) < 4.78 is 0. The van der Waals surface area contributed by atoms with Crippen molar-refractivity contribution < 1.29 is 0 Å². The van der Waals surface area contributed by atoms with Crippen molar-refractivity contribution in [1.29, 1.82) is 0 Å². The van der Waals surface area contributed by atoms with Crippen LogP contribution in [0.15, 0.2) is 16.8 Å². The van der Waals surface area contributed by atoms with Crippen LogP contribution in [0.3, 0.4) is 0 Å². The quantitative estimate of drug-likeness (QED) is 0.806. The number of rotatable bonds is 6. The lowest BCUT2D eigenvalue weighted by atomic mass is 9.98. The molecule has 0 radical (unpaired) electrons. The van der Waals surface area contributed by atoms with Gasteiger partial charge >= 0.3 is 0 Å². The fourth-order valence-corrected chi connectivity index (χ4v) is 4.24. The minimum absolute atomic E-state index is 0.467. The van der Waals surface area contributed by atoms with Gasteiger partial charge in [0.2, 0.25) is 0 Å². The SMILES string of the molecule is CCCNC(Cc1ccsc1)C1C(C)(C)C1(C)C. The Labute approximate surface area is 116 Å². The molecule has 0 spiro atoms. The molecule has 2 heteroatoms. The molecule has 1 unspecified atom stereocenters. The fourth-order valence-electron chi connectivity index (χ4n) is 3.55. The molecule has 0 aromatic carbocycles. The van der Waals surface area contributed by atoms with Crippen molar-refractivity contribution in [2.75, 3.05) is 6.54 Å². The first-order chi connectivity index (χ1) is 8.41. The lowest BCUT2D eigenvalue weighted by molar-refractivity contribution is 0.396. The second-order valence-electron chi connectivity index (χ2n) is 6.82. The highest BCUT2D eigenvalue weighted by Gasteiger charge is 2.66. The van der Waals surface area contributed by atoms with Crippen molar-refractivity contribution in [1.82, 2.24) is 5.32 Å². The molecular formula is C16H27NS. The van der Waals surface area contributed by atoms with Crippen LogP contribution in [0.4, 0.5) is 0 Å². The third-order valence-corrected chi connectivity index (χ3v) is 5.96. The summed E-state index contributed by atoms with van der Waals surface area (Å²) in [6.45, 7) is 13.1. The summed E-state index contributed by atoms with van der Waals surface area (Å²) in [5.41, 5.74) is 2.43. The fraction of sp³-hybridized carbons (Fsp3) is 0.750. The van der Waals surface area contributed by atoms with Crippen molar-refractivity contribution in [2.24, 2.45) is 16.7 Å². The number of thiophene rings is 1. The molecule has 1 heterocycles. The Hall–Kier alpha value is -0.340. The topological polar surface area (TPSA) is 12.0 Å². The van der Waals surface area contributed by atoms with E-state index in [0.717, 1.165) is 12.5 Å². The van der Waals surface area contributed by atoms with E-state index in [4.69, 9.17) is 0 Å². The normalized spacial score (nSPS) is 22.9. The van der Waals surface area contributed by atoms with Crippen LogP contribution in [0.5, 0.6) is 0 Å². The van der Waals surface area contributed by atoms with Crippen molar-refractivity contribution in [3.63, 3.8) is 0 Å². The minimum Gasteiger partial charge on any atom is -0.313 e.